The van der Waals surface area contributed by atoms with Crippen molar-refractivity contribution in [1.29, 1.82) is 0 Å². The molecule has 98 valence electrons. The zero-order chi connectivity index (χ0) is 12.5. The van der Waals surface area contributed by atoms with Crippen LogP contribution < -0.4 is 0 Å². The van der Waals surface area contributed by atoms with Gasteiger partial charge in [0.05, 0.1) is 12.0 Å². The van der Waals surface area contributed by atoms with E-state index in [4.69, 9.17) is 0 Å². The van der Waals surface area contributed by atoms with E-state index in [0.29, 0.717) is 5.92 Å². The fraction of sp³-hybridized carbons (Fsp3) is 0.923. The topological polar surface area (TPSA) is 43.8 Å². The zero-order valence-electron chi connectivity index (χ0n) is 11.0. The molecule has 0 aromatic heterocycles. The van der Waals surface area contributed by atoms with Crippen molar-refractivity contribution in [3.8, 4) is 0 Å². The Kier molecular flexibility index (Phi) is 3.73. The fourth-order valence-corrected chi connectivity index (χ4v) is 3.09. The molecule has 0 bridgehead atoms. The van der Waals surface area contributed by atoms with Gasteiger partial charge in [-0.2, -0.15) is 0 Å². The first-order valence-corrected chi connectivity index (χ1v) is 6.62. The number of rotatable bonds is 4. The molecule has 0 spiro atoms. The number of aliphatic hydroxyl groups is 1. The Balaban J connectivity index is 1.87. The number of likely N-dealkylation sites (tertiary alicyclic amines) is 1. The normalized spacial score (nSPS) is 27.8. The van der Waals surface area contributed by atoms with Crippen LogP contribution in [0.15, 0.2) is 0 Å². The van der Waals surface area contributed by atoms with Crippen molar-refractivity contribution in [2.24, 2.45) is 11.3 Å². The third-order valence-corrected chi connectivity index (χ3v) is 4.43. The van der Waals surface area contributed by atoms with Crippen molar-refractivity contribution < 1.29 is 9.90 Å². The van der Waals surface area contributed by atoms with Crippen LogP contribution in [0.5, 0.6) is 0 Å². The summed E-state index contributed by atoms with van der Waals surface area (Å²) in [5.41, 5.74) is -0.431. The first-order valence-electron chi connectivity index (χ1n) is 6.62. The van der Waals surface area contributed by atoms with E-state index >= 15 is 0 Å². The summed E-state index contributed by atoms with van der Waals surface area (Å²) in [4.78, 5) is 16.5. The maximum Gasteiger partial charge on any atom is 0.230 e. The highest BCUT2D eigenvalue weighted by molar-refractivity contribution is 5.83. The first-order chi connectivity index (χ1) is 8.07. The lowest BCUT2D eigenvalue weighted by Gasteiger charge is -2.41. The van der Waals surface area contributed by atoms with Crippen LogP contribution in [0.25, 0.3) is 0 Å². The van der Waals surface area contributed by atoms with E-state index in [1.165, 1.54) is 6.42 Å². The summed E-state index contributed by atoms with van der Waals surface area (Å²) >= 11 is 0. The summed E-state index contributed by atoms with van der Waals surface area (Å²) in [6.07, 6.45) is 3.97. The quantitative estimate of drug-likeness (QED) is 0.781. The van der Waals surface area contributed by atoms with E-state index in [0.717, 1.165) is 38.9 Å². The molecule has 1 amide bonds. The van der Waals surface area contributed by atoms with Crippen molar-refractivity contribution >= 4 is 5.91 Å². The van der Waals surface area contributed by atoms with E-state index in [2.05, 4.69) is 11.9 Å². The summed E-state index contributed by atoms with van der Waals surface area (Å²) in [6, 6.07) is 0. The molecule has 4 nitrogen and oxygen atoms in total. The van der Waals surface area contributed by atoms with Crippen LogP contribution in [0.3, 0.4) is 0 Å². The molecule has 1 atom stereocenters. The number of carbonyl (C=O) groups excluding carboxylic acids is 1. The predicted molar refractivity (Wildman–Crippen MR) is 66.6 cm³/mol. The van der Waals surface area contributed by atoms with Gasteiger partial charge in [-0.25, -0.2) is 0 Å². The Morgan fingerprint density at radius 2 is 2.24 bits per heavy atom. The molecular weight excluding hydrogens is 216 g/mol. The number of aliphatic hydroxyl groups excluding tert-OH is 1. The molecule has 0 aromatic rings. The molecule has 1 unspecified atom stereocenters. The van der Waals surface area contributed by atoms with E-state index < -0.39 is 5.41 Å². The molecule has 4 heteroatoms. The largest absolute Gasteiger partial charge is 0.395 e. The molecular formula is C13H24N2O2. The summed E-state index contributed by atoms with van der Waals surface area (Å²) in [5, 5.41) is 9.40. The SMILES string of the molecule is CN1CCC(CN(C)C(=O)C2(CO)CCC2)C1. The Hall–Kier alpha value is -0.610. The summed E-state index contributed by atoms with van der Waals surface area (Å²) in [5.74, 6) is 0.755. The molecule has 2 aliphatic rings. The molecule has 2 fully saturated rings. The van der Waals surface area contributed by atoms with Gasteiger partial charge in [0.1, 0.15) is 0 Å². The van der Waals surface area contributed by atoms with Crippen molar-refractivity contribution in [3.05, 3.63) is 0 Å². The number of amides is 1. The Morgan fingerprint density at radius 3 is 2.65 bits per heavy atom. The molecule has 0 aromatic carbocycles. The lowest BCUT2D eigenvalue weighted by Crippen LogP contribution is -2.50. The van der Waals surface area contributed by atoms with Gasteiger partial charge in [0, 0.05) is 20.1 Å². The molecule has 1 N–H and O–H groups in total. The summed E-state index contributed by atoms with van der Waals surface area (Å²) in [7, 11) is 4.01. The van der Waals surface area contributed by atoms with Crippen LogP contribution in [0.1, 0.15) is 25.7 Å². The lowest BCUT2D eigenvalue weighted by atomic mass is 9.68. The number of nitrogens with zero attached hydrogens (tertiary/aromatic N) is 2. The van der Waals surface area contributed by atoms with Gasteiger partial charge < -0.3 is 14.9 Å². The smallest absolute Gasteiger partial charge is 0.230 e. The van der Waals surface area contributed by atoms with Gasteiger partial charge >= 0.3 is 0 Å². The van der Waals surface area contributed by atoms with E-state index in [-0.39, 0.29) is 12.5 Å². The average Bonchev–Trinajstić information content (AvgIpc) is 2.63. The zero-order valence-corrected chi connectivity index (χ0v) is 11.0. The highest BCUT2D eigenvalue weighted by atomic mass is 16.3. The maximum absolute atomic E-state index is 12.3. The predicted octanol–water partition coefficient (Wildman–Crippen LogP) is 0.559. The van der Waals surface area contributed by atoms with Gasteiger partial charge in [0.15, 0.2) is 0 Å². The maximum atomic E-state index is 12.3. The van der Waals surface area contributed by atoms with E-state index in [9.17, 15) is 9.90 Å². The second kappa shape index (κ2) is 4.94. The monoisotopic (exact) mass is 240 g/mol. The highest BCUT2D eigenvalue weighted by Gasteiger charge is 2.45. The number of hydrogen-bond donors (Lipinski definition) is 1. The molecule has 0 radical (unpaired) electrons. The van der Waals surface area contributed by atoms with Crippen LogP contribution in [0, 0.1) is 11.3 Å². The van der Waals surface area contributed by atoms with Crippen molar-refractivity contribution in [3.63, 3.8) is 0 Å². The number of hydrogen-bond acceptors (Lipinski definition) is 3. The molecule has 1 saturated carbocycles. The molecule has 1 saturated heterocycles. The molecule has 1 aliphatic heterocycles. The average molecular weight is 240 g/mol. The molecule has 17 heavy (non-hydrogen) atoms. The second-order valence-corrected chi connectivity index (χ2v) is 5.89. The standard InChI is InChI=1S/C13H24N2O2/c1-14-7-4-11(8-14)9-15(2)12(17)13(10-16)5-3-6-13/h11,16H,3-10H2,1-2H3. The molecule has 1 aliphatic carbocycles. The van der Waals surface area contributed by atoms with Crippen molar-refractivity contribution in [1.82, 2.24) is 9.80 Å². The van der Waals surface area contributed by atoms with Crippen LogP contribution in [-0.2, 0) is 4.79 Å². The second-order valence-electron chi connectivity index (χ2n) is 5.89. The van der Waals surface area contributed by atoms with Crippen LogP contribution >= 0.6 is 0 Å². The van der Waals surface area contributed by atoms with Gasteiger partial charge in [-0.15, -0.1) is 0 Å². The number of carbonyl (C=O) groups is 1. The van der Waals surface area contributed by atoms with Gasteiger partial charge in [0.25, 0.3) is 0 Å². The van der Waals surface area contributed by atoms with Gasteiger partial charge in [-0.1, -0.05) is 6.42 Å². The third-order valence-electron chi connectivity index (χ3n) is 4.43. The molecule has 1 heterocycles. The Labute approximate surface area is 104 Å². The fourth-order valence-electron chi connectivity index (χ4n) is 3.09. The van der Waals surface area contributed by atoms with E-state index in [1.807, 2.05) is 11.9 Å². The lowest BCUT2D eigenvalue weighted by molar-refractivity contribution is -0.150. The summed E-state index contributed by atoms with van der Waals surface area (Å²) < 4.78 is 0. The van der Waals surface area contributed by atoms with Gasteiger partial charge in [-0.3, -0.25) is 4.79 Å². The first kappa shape index (κ1) is 12.8. The Bertz CT molecular complexity index is 284. The summed E-state index contributed by atoms with van der Waals surface area (Å²) in [6.45, 7) is 3.08. The van der Waals surface area contributed by atoms with Crippen LogP contribution in [0.4, 0.5) is 0 Å². The minimum atomic E-state index is -0.431. The van der Waals surface area contributed by atoms with Gasteiger partial charge in [-0.05, 0) is 38.8 Å². The minimum Gasteiger partial charge on any atom is -0.395 e. The molecule has 2 rings (SSSR count). The van der Waals surface area contributed by atoms with E-state index in [1.54, 1.807) is 0 Å². The van der Waals surface area contributed by atoms with Gasteiger partial charge in [0.2, 0.25) is 5.91 Å². The minimum absolute atomic E-state index is 0.0146. The highest BCUT2D eigenvalue weighted by Crippen LogP contribution is 2.42. The van der Waals surface area contributed by atoms with Crippen LogP contribution in [0.2, 0.25) is 0 Å². The third kappa shape index (κ3) is 2.47. The van der Waals surface area contributed by atoms with Crippen LogP contribution in [-0.4, -0.2) is 61.2 Å². The van der Waals surface area contributed by atoms with Crippen molar-refractivity contribution in [2.75, 3.05) is 40.3 Å². The Morgan fingerprint density at radius 1 is 1.53 bits per heavy atom. The van der Waals surface area contributed by atoms with Crippen molar-refractivity contribution in [2.45, 2.75) is 25.7 Å².